The van der Waals surface area contributed by atoms with Crippen molar-refractivity contribution in [1.29, 1.82) is 0 Å². The van der Waals surface area contributed by atoms with Crippen LogP contribution in [0.15, 0.2) is 87.5 Å². The fourth-order valence-corrected chi connectivity index (χ4v) is 4.98. The minimum absolute atomic E-state index is 0.103. The number of para-hydroxylation sites is 1. The highest BCUT2D eigenvalue weighted by Crippen LogP contribution is 2.33. The first kappa shape index (κ1) is 20.5. The molecule has 34 heavy (non-hydrogen) atoms. The summed E-state index contributed by atoms with van der Waals surface area (Å²) in [5, 5.41) is 9.81. The highest BCUT2D eigenvalue weighted by Gasteiger charge is 2.21. The summed E-state index contributed by atoms with van der Waals surface area (Å²) < 4.78 is 11.3. The van der Waals surface area contributed by atoms with E-state index in [4.69, 9.17) is 4.42 Å². The lowest BCUT2D eigenvalue weighted by Gasteiger charge is -2.13. The maximum atomic E-state index is 12.5. The summed E-state index contributed by atoms with van der Waals surface area (Å²) in [6, 6.07) is 19.1. The first-order chi connectivity index (χ1) is 16.6. The minimum Gasteiger partial charge on any atom is -0.463 e. The van der Waals surface area contributed by atoms with Gasteiger partial charge in [-0.3, -0.25) is 13.8 Å². The lowest BCUT2D eigenvalue weighted by Crippen LogP contribution is -2.14. The molecule has 168 valence electrons. The van der Waals surface area contributed by atoms with Crippen LogP contribution in [0.3, 0.4) is 0 Å². The zero-order valence-electron chi connectivity index (χ0n) is 18.5. The average molecular weight is 469 g/mol. The molecular weight excluding hydrogens is 448 g/mol. The zero-order chi connectivity index (χ0) is 23.2. The van der Waals surface area contributed by atoms with E-state index in [-0.39, 0.29) is 5.56 Å². The summed E-state index contributed by atoms with van der Waals surface area (Å²) in [7, 11) is 1.99. The molecule has 1 aromatic carbocycles. The van der Waals surface area contributed by atoms with Crippen molar-refractivity contribution < 1.29 is 4.42 Å². The van der Waals surface area contributed by atoms with Crippen LogP contribution in [0, 0.1) is 6.92 Å². The summed E-state index contributed by atoms with van der Waals surface area (Å²) in [6.45, 7) is 2.07. The Morgan fingerprint density at radius 1 is 1.03 bits per heavy atom. The van der Waals surface area contributed by atoms with Gasteiger partial charge in [-0.05, 0) is 30.7 Å². The third-order valence-electron chi connectivity index (χ3n) is 5.86. The number of pyridine rings is 1. The van der Waals surface area contributed by atoms with Gasteiger partial charge in [-0.25, -0.2) is 4.98 Å². The Labute approximate surface area is 198 Å². The van der Waals surface area contributed by atoms with Crippen LogP contribution in [0.2, 0.25) is 0 Å². The molecule has 0 saturated heterocycles. The lowest BCUT2D eigenvalue weighted by molar-refractivity contribution is 0.616. The second-order valence-electron chi connectivity index (χ2n) is 7.99. The number of thioether (sulfide) groups is 1. The molecule has 0 aliphatic heterocycles. The Hall–Kier alpha value is -4.11. The number of hydrogen-bond acceptors (Lipinski definition) is 6. The summed E-state index contributed by atoms with van der Waals surface area (Å²) in [4.78, 5) is 17.1. The van der Waals surface area contributed by atoms with Gasteiger partial charge < -0.3 is 8.98 Å². The maximum absolute atomic E-state index is 12.5. The summed E-state index contributed by atoms with van der Waals surface area (Å²) in [5.74, 6) is 1.21. The molecule has 8 nitrogen and oxygen atoms in total. The maximum Gasteiger partial charge on any atom is 0.258 e. The Kier molecular flexibility index (Phi) is 4.84. The molecule has 9 heteroatoms. The minimum atomic E-state index is -0.103. The standard InChI is InChI=1S/C25H20N6O2S/c1-16-7-3-4-8-18(16)31-24(20-14-21-19(29(20)2)10-12-33-21)27-28-25(31)34-15-17-13-23(32)30-11-6-5-9-22(30)26-17/h3-14H,15H2,1-2H3. The van der Waals surface area contributed by atoms with Crippen molar-refractivity contribution >= 4 is 28.5 Å². The largest absolute Gasteiger partial charge is 0.463 e. The fourth-order valence-electron chi connectivity index (χ4n) is 4.14. The highest BCUT2D eigenvalue weighted by atomic mass is 32.2. The molecule has 5 aromatic heterocycles. The number of aromatic nitrogens is 6. The monoisotopic (exact) mass is 468 g/mol. The Morgan fingerprint density at radius 2 is 1.88 bits per heavy atom. The predicted molar refractivity (Wildman–Crippen MR) is 131 cm³/mol. The van der Waals surface area contributed by atoms with E-state index in [1.807, 2.05) is 49.5 Å². The Balaban J connectivity index is 1.44. The van der Waals surface area contributed by atoms with Crippen molar-refractivity contribution in [2.45, 2.75) is 17.8 Å². The van der Waals surface area contributed by atoms with Gasteiger partial charge >= 0.3 is 0 Å². The SMILES string of the molecule is Cc1ccccc1-n1c(SCc2cc(=O)n3ccccc3n2)nnc1-c1cc2occc2n1C. The molecule has 6 rings (SSSR count). The van der Waals surface area contributed by atoms with Gasteiger partial charge in [-0.1, -0.05) is 36.0 Å². The number of rotatable bonds is 5. The Morgan fingerprint density at radius 3 is 2.74 bits per heavy atom. The molecule has 6 aromatic rings. The van der Waals surface area contributed by atoms with Crippen LogP contribution in [0.5, 0.6) is 0 Å². The van der Waals surface area contributed by atoms with Crippen molar-refractivity contribution in [2.24, 2.45) is 7.05 Å². The molecule has 0 radical (unpaired) electrons. The van der Waals surface area contributed by atoms with E-state index in [2.05, 4.69) is 43.4 Å². The van der Waals surface area contributed by atoms with Gasteiger partial charge in [0.25, 0.3) is 5.56 Å². The van der Waals surface area contributed by atoms with Crippen LogP contribution in [-0.4, -0.2) is 28.7 Å². The number of hydrogen-bond donors (Lipinski definition) is 0. The molecule has 0 spiro atoms. The summed E-state index contributed by atoms with van der Waals surface area (Å²) in [5.41, 5.74) is 6.00. The molecule has 0 N–H and O–H groups in total. The van der Waals surface area contributed by atoms with Crippen LogP contribution in [-0.2, 0) is 12.8 Å². The average Bonchev–Trinajstić information content (AvgIpc) is 3.54. The quantitative estimate of drug-likeness (QED) is 0.343. The number of fused-ring (bicyclic) bond motifs is 2. The van der Waals surface area contributed by atoms with Gasteiger partial charge in [0.15, 0.2) is 16.6 Å². The molecule has 0 aliphatic carbocycles. The van der Waals surface area contributed by atoms with Crippen molar-refractivity contribution in [3.8, 4) is 17.2 Å². The second-order valence-corrected chi connectivity index (χ2v) is 8.93. The van der Waals surface area contributed by atoms with E-state index in [0.29, 0.717) is 17.1 Å². The van der Waals surface area contributed by atoms with E-state index >= 15 is 0 Å². The molecule has 0 bridgehead atoms. The predicted octanol–water partition coefficient (Wildman–Crippen LogP) is 4.63. The van der Waals surface area contributed by atoms with E-state index in [1.165, 1.54) is 16.2 Å². The van der Waals surface area contributed by atoms with Crippen LogP contribution in [0.4, 0.5) is 0 Å². The van der Waals surface area contributed by atoms with Crippen LogP contribution >= 0.6 is 11.8 Å². The van der Waals surface area contributed by atoms with E-state index in [0.717, 1.165) is 39.0 Å². The zero-order valence-corrected chi connectivity index (χ0v) is 19.4. The smallest absolute Gasteiger partial charge is 0.258 e. The third-order valence-corrected chi connectivity index (χ3v) is 6.82. The van der Waals surface area contributed by atoms with Crippen LogP contribution < -0.4 is 5.56 Å². The normalized spacial score (nSPS) is 11.6. The second kappa shape index (κ2) is 8.03. The molecule has 0 atom stereocenters. The first-order valence-corrected chi connectivity index (χ1v) is 11.7. The summed E-state index contributed by atoms with van der Waals surface area (Å²) in [6.07, 6.45) is 3.40. The highest BCUT2D eigenvalue weighted by molar-refractivity contribution is 7.98. The van der Waals surface area contributed by atoms with Gasteiger partial charge in [0.1, 0.15) is 5.65 Å². The number of aryl methyl sites for hydroxylation is 2. The van der Waals surface area contributed by atoms with Crippen LogP contribution in [0.1, 0.15) is 11.3 Å². The molecule has 5 heterocycles. The lowest BCUT2D eigenvalue weighted by atomic mass is 10.2. The van der Waals surface area contributed by atoms with E-state index < -0.39 is 0 Å². The van der Waals surface area contributed by atoms with Gasteiger partial charge in [0.2, 0.25) is 0 Å². The van der Waals surface area contributed by atoms with Crippen molar-refractivity contribution in [3.63, 3.8) is 0 Å². The van der Waals surface area contributed by atoms with Gasteiger partial charge in [0.05, 0.1) is 28.9 Å². The number of furan rings is 1. The van der Waals surface area contributed by atoms with Gasteiger partial charge in [-0.15, -0.1) is 10.2 Å². The van der Waals surface area contributed by atoms with E-state index in [1.54, 1.807) is 18.5 Å². The van der Waals surface area contributed by atoms with Gasteiger partial charge in [-0.2, -0.15) is 0 Å². The fraction of sp³-hybridized carbons (Fsp3) is 0.120. The molecule has 0 saturated carbocycles. The molecule has 0 fully saturated rings. The number of benzene rings is 1. The molecule has 0 amide bonds. The topological polar surface area (TPSA) is 83.2 Å². The van der Waals surface area contributed by atoms with Crippen molar-refractivity contribution in [3.05, 3.63) is 94.7 Å². The molecule has 0 aliphatic rings. The first-order valence-electron chi connectivity index (χ1n) is 10.7. The molecule has 0 unspecified atom stereocenters. The molecular formula is C25H20N6O2S. The van der Waals surface area contributed by atoms with Crippen molar-refractivity contribution in [1.82, 2.24) is 28.7 Å². The Bertz CT molecular complexity index is 1720. The third kappa shape index (κ3) is 3.32. The van der Waals surface area contributed by atoms with E-state index in [9.17, 15) is 4.79 Å². The van der Waals surface area contributed by atoms with Crippen LogP contribution in [0.25, 0.3) is 34.0 Å². The van der Waals surface area contributed by atoms with Gasteiger partial charge in [0, 0.05) is 37.2 Å². The van der Waals surface area contributed by atoms with Crippen molar-refractivity contribution in [2.75, 3.05) is 0 Å². The summed E-state index contributed by atoms with van der Waals surface area (Å²) >= 11 is 1.50. The number of nitrogens with zero attached hydrogens (tertiary/aromatic N) is 6.